The molecule has 2 N–H and O–H groups in total. The Hall–Kier alpha value is -4.79. The second kappa shape index (κ2) is 12.0. The molecule has 9 nitrogen and oxygen atoms in total. The number of aromatic amines is 1. The first-order chi connectivity index (χ1) is 20.2. The molecule has 0 amide bonds. The number of nitrogens with zero attached hydrogens (tertiary/aromatic N) is 5. The van der Waals surface area contributed by atoms with Crippen molar-refractivity contribution in [2.24, 2.45) is 0 Å². The van der Waals surface area contributed by atoms with Gasteiger partial charge in [0.25, 0.3) is 0 Å². The Labute approximate surface area is 244 Å². The molecule has 0 bridgehead atoms. The summed E-state index contributed by atoms with van der Waals surface area (Å²) in [5.74, 6) is -0.462. The van der Waals surface area contributed by atoms with Gasteiger partial charge in [-0.25, -0.2) is 14.7 Å². The Bertz CT molecular complexity index is 1740. The van der Waals surface area contributed by atoms with Crippen LogP contribution >= 0.6 is 0 Å². The molecule has 5 rings (SSSR count). The number of aromatic carboxylic acids is 1. The van der Waals surface area contributed by atoms with Crippen LogP contribution in [0.1, 0.15) is 74.1 Å². The van der Waals surface area contributed by atoms with Gasteiger partial charge in [-0.3, -0.25) is 9.13 Å². The zero-order chi connectivity index (χ0) is 29.9. The van der Waals surface area contributed by atoms with Crippen LogP contribution in [-0.4, -0.2) is 40.8 Å². The number of rotatable bonds is 10. The molecule has 0 unspecified atom stereocenters. The molecule has 0 atom stereocenters. The number of aryl methyl sites for hydroxylation is 1. The van der Waals surface area contributed by atoms with Crippen molar-refractivity contribution in [1.29, 1.82) is 0 Å². The Morgan fingerprint density at radius 3 is 2.33 bits per heavy atom. The molecule has 5 aromatic rings. The number of para-hydroxylation sites is 1. The standard InChI is InChI=1S/C33H36N6O3/c1-5-6-7-11-24-21-39(29-27(31(40)41)14-10-15-28(29)33(2,3)4)32(42)38(24)20-22-16-18-23(19-17-22)25-12-8-9-13-26(25)30-34-36-37-35-30/h8-10,12-19,21H,5-7,11,20H2,1-4H3,(H,40,41)(H,34,35,36,37). The lowest BCUT2D eigenvalue weighted by molar-refractivity contribution is 0.0696. The Kier molecular flexibility index (Phi) is 8.20. The maximum Gasteiger partial charge on any atom is 0.337 e. The Morgan fingerprint density at radius 2 is 1.69 bits per heavy atom. The van der Waals surface area contributed by atoms with Crippen LogP contribution in [0.25, 0.3) is 28.2 Å². The zero-order valence-electron chi connectivity index (χ0n) is 24.5. The van der Waals surface area contributed by atoms with Crippen LogP contribution in [0.3, 0.4) is 0 Å². The van der Waals surface area contributed by atoms with E-state index in [9.17, 15) is 14.7 Å². The topological polar surface area (TPSA) is 119 Å². The predicted octanol–water partition coefficient (Wildman–Crippen LogP) is 6.26. The molecule has 3 aromatic carbocycles. The minimum absolute atomic E-state index is 0.117. The van der Waals surface area contributed by atoms with Crippen molar-refractivity contribution in [2.45, 2.75) is 65.3 Å². The summed E-state index contributed by atoms with van der Waals surface area (Å²) in [7, 11) is 0. The molecule has 9 heteroatoms. The quantitative estimate of drug-likeness (QED) is 0.193. The number of imidazole rings is 1. The number of nitrogens with one attached hydrogen (secondary N) is 1. The molecule has 42 heavy (non-hydrogen) atoms. The maximum absolute atomic E-state index is 14.1. The largest absolute Gasteiger partial charge is 0.478 e. The van der Waals surface area contributed by atoms with Crippen LogP contribution in [0.4, 0.5) is 0 Å². The molecule has 0 spiro atoms. The lowest BCUT2D eigenvalue weighted by Gasteiger charge is -2.24. The molecule has 0 aliphatic heterocycles. The third-order valence-corrected chi connectivity index (χ3v) is 7.55. The fourth-order valence-corrected chi connectivity index (χ4v) is 5.38. The predicted molar refractivity (Wildman–Crippen MR) is 163 cm³/mol. The number of carbonyl (C=O) groups is 1. The van der Waals surface area contributed by atoms with E-state index in [0.717, 1.165) is 59.2 Å². The van der Waals surface area contributed by atoms with Crippen LogP contribution in [0.15, 0.2) is 77.7 Å². The number of hydrogen-bond donors (Lipinski definition) is 2. The number of tetrazole rings is 1. The summed E-state index contributed by atoms with van der Waals surface area (Å²) < 4.78 is 3.32. The monoisotopic (exact) mass is 564 g/mol. The summed E-state index contributed by atoms with van der Waals surface area (Å²) in [4.78, 5) is 26.3. The van der Waals surface area contributed by atoms with Gasteiger partial charge in [-0.2, -0.15) is 0 Å². The number of unbranched alkanes of at least 4 members (excludes halogenated alkanes) is 2. The van der Waals surface area contributed by atoms with Crippen molar-refractivity contribution >= 4 is 5.97 Å². The third-order valence-electron chi connectivity index (χ3n) is 7.55. The number of carboxylic acids is 1. The summed E-state index contributed by atoms with van der Waals surface area (Å²) in [6.45, 7) is 8.61. The number of aromatic nitrogens is 6. The molecule has 0 aliphatic carbocycles. The van der Waals surface area contributed by atoms with Crippen molar-refractivity contribution in [1.82, 2.24) is 29.8 Å². The molecule has 2 heterocycles. The maximum atomic E-state index is 14.1. The molecule has 216 valence electrons. The average molecular weight is 565 g/mol. The average Bonchev–Trinajstić information content (AvgIpc) is 3.62. The van der Waals surface area contributed by atoms with E-state index in [1.165, 1.54) is 0 Å². The first-order valence-corrected chi connectivity index (χ1v) is 14.3. The fraction of sp³-hybridized carbons (Fsp3) is 0.303. The fourth-order valence-electron chi connectivity index (χ4n) is 5.38. The van der Waals surface area contributed by atoms with Gasteiger partial charge >= 0.3 is 11.7 Å². The first kappa shape index (κ1) is 28.7. The molecule has 0 aliphatic rings. The highest BCUT2D eigenvalue weighted by Crippen LogP contribution is 2.32. The number of benzene rings is 3. The van der Waals surface area contributed by atoms with E-state index in [4.69, 9.17) is 0 Å². The summed E-state index contributed by atoms with van der Waals surface area (Å²) in [5, 5.41) is 24.4. The highest BCUT2D eigenvalue weighted by Gasteiger charge is 2.26. The van der Waals surface area contributed by atoms with E-state index in [1.807, 2.05) is 81.6 Å². The van der Waals surface area contributed by atoms with Crippen molar-refractivity contribution in [3.8, 4) is 28.2 Å². The van der Waals surface area contributed by atoms with E-state index >= 15 is 0 Å². The van der Waals surface area contributed by atoms with Gasteiger partial charge in [-0.05, 0) is 57.0 Å². The Balaban J connectivity index is 1.55. The van der Waals surface area contributed by atoms with Gasteiger partial charge in [0.2, 0.25) is 0 Å². The summed E-state index contributed by atoms with van der Waals surface area (Å²) in [6.07, 6.45) is 5.62. The van der Waals surface area contributed by atoms with Gasteiger partial charge in [0.05, 0.1) is 17.8 Å². The lowest BCUT2D eigenvalue weighted by atomic mass is 9.84. The zero-order valence-corrected chi connectivity index (χ0v) is 24.5. The van der Waals surface area contributed by atoms with E-state index in [1.54, 1.807) is 21.3 Å². The SMILES string of the molecule is CCCCCc1cn(-c2c(C(=O)O)cccc2C(C)(C)C)c(=O)n1Cc1ccc(-c2ccccc2-c2nnn[nH]2)cc1. The van der Waals surface area contributed by atoms with E-state index in [2.05, 4.69) is 27.5 Å². The first-order valence-electron chi connectivity index (χ1n) is 14.3. The van der Waals surface area contributed by atoms with Crippen molar-refractivity contribution in [2.75, 3.05) is 0 Å². The number of hydrogen-bond acceptors (Lipinski definition) is 5. The van der Waals surface area contributed by atoms with E-state index in [0.29, 0.717) is 18.1 Å². The molecule has 0 fully saturated rings. The number of H-pyrrole nitrogens is 1. The van der Waals surface area contributed by atoms with Gasteiger partial charge in [0.1, 0.15) is 0 Å². The molecule has 0 radical (unpaired) electrons. The molecular formula is C33H36N6O3. The van der Waals surface area contributed by atoms with Gasteiger partial charge in [0, 0.05) is 17.5 Å². The second-order valence-corrected chi connectivity index (χ2v) is 11.6. The van der Waals surface area contributed by atoms with Crippen LogP contribution < -0.4 is 5.69 Å². The normalized spacial score (nSPS) is 11.6. The van der Waals surface area contributed by atoms with Crippen LogP contribution in [-0.2, 0) is 18.4 Å². The highest BCUT2D eigenvalue weighted by molar-refractivity contribution is 5.93. The van der Waals surface area contributed by atoms with Crippen LogP contribution in [0.2, 0.25) is 0 Å². The summed E-state index contributed by atoms with van der Waals surface area (Å²) >= 11 is 0. The molecule has 0 saturated carbocycles. The van der Waals surface area contributed by atoms with Gasteiger partial charge in [-0.15, -0.1) is 5.10 Å². The second-order valence-electron chi connectivity index (χ2n) is 11.6. The van der Waals surface area contributed by atoms with E-state index < -0.39 is 5.97 Å². The van der Waals surface area contributed by atoms with E-state index in [-0.39, 0.29) is 16.7 Å². The van der Waals surface area contributed by atoms with Gasteiger partial charge in [-0.1, -0.05) is 101 Å². The highest BCUT2D eigenvalue weighted by atomic mass is 16.4. The van der Waals surface area contributed by atoms with Gasteiger partial charge in [0.15, 0.2) is 5.82 Å². The summed E-state index contributed by atoms with van der Waals surface area (Å²) in [6, 6.07) is 21.3. The van der Waals surface area contributed by atoms with Crippen LogP contribution in [0, 0.1) is 0 Å². The minimum Gasteiger partial charge on any atom is -0.478 e. The number of carboxylic acid groups (broad SMARTS) is 1. The molecular weight excluding hydrogens is 528 g/mol. The summed E-state index contributed by atoms with van der Waals surface area (Å²) in [5.41, 5.74) is 5.51. The molecule has 2 aromatic heterocycles. The Morgan fingerprint density at radius 1 is 0.952 bits per heavy atom. The third kappa shape index (κ3) is 5.81. The van der Waals surface area contributed by atoms with Gasteiger partial charge < -0.3 is 5.11 Å². The van der Waals surface area contributed by atoms with Crippen molar-refractivity contribution < 1.29 is 9.90 Å². The molecule has 0 saturated heterocycles. The van der Waals surface area contributed by atoms with Crippen LogP contribution in [0.5, 0.6) is 0 Å². The lowest BCUT2D eigenvalue weighted by Crippen LogP contribution is -2.28. The van der Waals surface area contributed by atoms with Crippen molar-refractivity contribution in [3.05, 3.63) is 106 Å². The minimum atomic E-state index is -1.06. The smallest absolute Gasteiger partial charge is 0.337 e. The van der Waals surface area contributed by atoms with Crippen molar-refractivity contribution in [3.63, 3.8) is 0 Å².